The van der Waals surface area contributed by atoms with Crippen LogP contribution < -0.4 is 20.1 Å². The predicted molar refractivity (Wildman–Crippen MR) is 124 cm³/mol. The summed E-state index contributed by atoms with van der Waals surface area (Å²) in [6, 6.07) is 21.5. The third-order valence-corrected chi connectivity index (χ3v) is 4.80. The van der Waals surface area contributed by atoms with Crippen molar-refractivity contribution < 1.29 is 19.1 Å². The van der Waals surface area contributed by atoms with E-state index in [0.29, 0.717) is 29.4 Å². The molecule has 3 aromatic rings. The van der Waals surface area contributed by atoms with Gasteiger partial charge in [-0.15, -0.1) is 0 Å². The van der Waals surface area contributed by atoms with E-state index in [2.05, 4.69) is 26.6 Å². The Morgan fingerprint density at radius 2 is 1.58 bits per heavy atom. The van der Waals surface area contributed by atoms with E-state index in [1.54, 1.807) is 48.5 Å². The van der Waals surface area contributed by atoms with Gasteiger partial charge in [-0.25, -0.2) is 0 Å². The molecule has 0 aromatic heterocycles. The topological polar surface area (TPSA) is 76.7 Å². The number of hydrogen-bond donors (Lipinski definition) is 2. The fraction of sp³-hybridized carbons (Fsp3) is 0.167. The van der Waals surface area contributed by atoms with Crippen LogP contribution in [0.3, 0.4) is 0 Å². The average molecular weight is 483 g/mol. The quantitative estimate of drug-likeness (QED) is 0.428. The number of carbonyl (C=O) groups is 2. The molecular weight excluding hydrogens is 460 g/mol. The Morgan fingerprint density at radius 3 is 2.29 bits per heavy atom. The molecule has 0 radical (unpaired) electrons. The van der Waals surface area contributed by atoms with Crippen molar-refractivity contribution in [3.05, 3.63) is 82.8 Å². The second-order valence-electron chi connectivity index (χ2n) is 6.56. The summed E-state index contributed by atoms with van der Waals surface area (Å²) >= 11 is 3.33. The molecule has 0 atom stereocenters. The van der Waals surface area contributed by atoms with Crippen LogP contribution in [0.15, 0.2) is 77.3 Å². The van der Waals surface area contributed by atoms with Gasteiger partial charge in [0.2, 0.25) is 5.91 Å². The number of carbonyl (C=O) groups excluding carboxylic acids is 2. The fourth-order valence-electron chi connectivity index (χ4n) is 2.76. The lowest BCUT2D eigenvalue weighted by Crippen LogP contribution is -2.27. The monoisotopic (exact) mass is 482 g/mol. The maximum atomic E-state index is 12.4. The predicted octanol–water partition coefficient (Wildman–Crippen LogP) is 5.40. The van der Waals surface area contributed by atoms with E-state index < -0.39 is 0 Å². The number of rotatable bonds is 9. The van der Waals surface area contributed by atoms with E-state index in [0.717, 1.165) is 10.2 Å². The Bertz CT molecular complexity index is 1020. The summed E-state index contributed by atoms with van der Waals surface area (Å²) in [6.07, 6.45) is 0.139. The highest BCUT2D eigenvalue weighted by Crippen LogP contribution is 2.30. The van der Waals surface area contributed by atoms with E-state index in [9.17, 15) is 9.59 Å². The molecule has 0 aliphatic heterocycles. The molecule has 3 rings (SSSR count). The molecule has 160 valence electrons. The summed E-state index contributed by atoms with van der Waals surface area (Å²) in [5, 5.41) is 5.58. The highest BCUT2D eigenvalue weighted by molar-refractivity contribution is 9.10. The molecule has 0 fully saturated rings. The van der Waals surface area contributed by atoms with Gasteiger partial charge in [-0.2, -0.15) is 0 Å². The fourth-order valence-corrected chi connectivity index (χ4v) is 3.03. The van der Waals surface area contributed by atoms with Crippen molar-refractivity contribution in [1.82, 2.24) is 5.32 Å². The number of anilines is 1. The number of para-hydroxylation sites is 2. The molecule has 31 heavy (non-hydrogen) atoms. The van der Waals surface area contributed by atoms with Crippen molar-refractivity contribution in [2.24, 2.45) is 0 Å². The van der Waals surface area contributed by atoms with Gasteiger partial charge in [-0.1, -0.05) is 28.1 Å². The molecule has 0 saturated heterocycles. The Labute approximate surface area is 189 Å². The summed E-state index contributed by atoms with van der Waals surface area (Å²) in [7, 11) is 0. The average Bonchev–Trinajstić information content (AvgIpc) is 2.77. The van der Waals surface area contributed by atoms with Crippen molar-refractivity contribution >= 4 is 33.4 Å². The Kier molecular flexibility index (Phi) is 8.06. The molecule has 0 saturated carbocycles. The first-order chi connectivity index (χ1) is 15.0. The van der Waals surface area contributed by atoms with Gasteiger partial charge in [0.15, 0.2) is 5.75 Å². The zero-order chi connectivity index (χ0) is 22.1. The molecule has 0 bridgehead atoms. The number of amides is 2. The number of hydrogen-bond acceptors (Lipinski definition) is 4. The molecular formula is C24H23BrN2O4. The van der Waals surface area contributed by atoms with Crippen LogP contribution in [0, 0.1) is 0 Å². The standard InChI is InChI=1S/C24H23BrN2O4/c1-2-30-19-11-13-20(14-12-19)31-22-6-4-3-5-21(22)27-23(28)15-16-26-24(29)17-7-9-18(25)10-8-17/h3-14H,2,15-16H2,1H3,(H,26,29)(H,27,28). The van der Waals surface area contributed by atoms with Crippen molar-refractivity contribution in [2.45, 2.75) is 13.3 Å². The van der Waals surface area contributed by atoms with Gasteiger partial charge in [0, 0.05) is 23.0 Å². The molecule has 3 aromatic carbocycles. The zero-order valence-electron chi connectivity index (χ0n) is 17.1. The van der Waals surface area contributed by atoms with Gasteiger partial charge in [-0.3, -0.25) is 9.59 Å². The van der Waals surface area contributed by atoms with E-state index in [1.165, 1.54) is 0 Å². The van der Waals surface area contributed by atoms with E-state index >= 15 is 0 Å². The summed E-state index contributed by atoms with van der Waals surface area (Å²) in [5.74, 6) is 1.48. The molecule has 0 spiro atoms. The van der Waals surface area contributed by atoms with Crippen molar-refractivity contribution in [2.75, 3.05) is 18.5 Å². The summed E-state index contributed by atoms with van der Waals surface area (Å²) in [5.41, 5.74) is 1.10. The van der Waals surface area contributed by atoms with Gasteiger partial charge >= 0.3 is 0 Å². The van der Waals surface area contributed by atoms with Gasteiger partial charge < -0.3 is 20.1 Å². The Hall–Kier alpha value is -3.32. The summed E-state index contributed by atoms with van der Waals surface area (Å²) < 4.78 is 12.2. The minimum atomic E-state index is -0.223. The lowest BCUT2D eigenvalue weighted by Gasteiger charge is -2.13. The molecule has 7 heteroatoms. The van der Waals surface area contributed by atoms with E-state index in [4.69, 9.17) is 9.47 Å². The van der Waals surface area contributed by atoms with E-state index in [-0.39, 0.29) is 24.8 Å². The first-order valence-corrected chi connectivity index (χ1v) is 10.7. The van der Waals surface area contributed by atoms with Crippen LogP contribution in [-0.2, 0) is 4.79 Å². The molecule has 0 aliphatic rings. The van der Waals surface area contributed by atoms with Gasteiger partial charge in [0.25, 0.3) is 5.91 Å². The molecule has 2 amide bonds. The SMILES string of the molecule is CCOc1ccc(Oc2ccccc2NC(=O)CCNC(=O)c2ccc(Br)cc2)cc1. The molecule has 0 heterocycles. The second kappa shape index (κ2) is 11.2. The lowest BCUT2D eigenvalue weighted by molar-refractivity contribution is -0.116. The first-order valence-electron chi connectivity index (χ1n) is 9.88. The minimum Gasteiger partial charge on any atom is -0.494 e. The van der Waals surface area contributed by atoms with Crippen LogP contribution in [0.25, 0.3) is 0 Å². The van der Waals surface area contributed by atoms with Crippen LogP contribution in [-0.4, -0.2) is 25.0 Å². The maximum absolute atomic E-state index is 12.4. The number of halogens is 1. The minimum absolute atomic E-state index is 0.139. The third kappa shape index (κ3) is 6.86. The van der Waals surface area contributed by atoms with Gasteiger partial charge in [-0.05, 0) is 67.6 Å². The zero-order valence-corrected chi connectivity index (χ0v) is 18.6. The van der Waals surface area contributed by atoms with Crippen LogP contribution in [0.5, 0.6) is 17.2 Å². The van der Waals surface area contributed by atoms with Crippen LogP contribution >= 0.6 is 15.9 Å². The van der Waals surface area contributed by atoms with E-state index in [1.807, 2.05) is 31.2 Å². The van der Waals surface area contributed by atoms with Crippen LogP contribution in [0.2, 0.25) is 0 Å². The second-order valence-corrected chi connectivity index (χ2v) is 7.48. The smallest absolute Gasteiger partial charge is 0.251 e. The van der Waals surface area contributed by atoms with Gasteiger partial charge in [0.05, 0.1) is 12.3 Å². The number of benzene rings is 3. The van der Waals surface area contributed by atoms with Crippen molar-refractivity contribution in [3.8, 4) is 17.2 Å². The summed E-state index contributed by atoms with van der Waals surface area (Å²) in [4.78, 5) is 24.5. The highest BCUT2D eigenvalue weighted by Gasteiger charge is 2.10. The van der Waals surface area contributed by atoms with Gasteiger partial charge in [0.1, 0.15) is 11.5 Å². The molecule has 2 N–H and O–H groups in total. The third-order valence-electron chi connectivity index (χ3n) is 4.27. The Morgan fingerprint density at radius 1 is 0.903 bits per heavy atom. The highest BCUT2D eigenvalue weighted by atomic mass is 79.9. The lowest BCUT2D eigenvalue weighted by atomic mass is 10.2. The van der Waals surface area contributed by atoms with Crippen molar-refractivity contribution in [1.29, 1.82) is 0 Å². The number of ether oxygens (including phenoxy) is 2. The molecule has 6 nitrogen and oxygen atoms in total. The maximum Gasteiger partial charge on any atom is 0.251 e. The van der Waals surface area contributed by atoms with Crippen molar-refractivity contribution in [3.63, 3.8) is 0 Å². The largest absolute Gasteiger partial charge is 0.494 e. The normalized spacial score (nSPS) is 10.3. The first kappa shape index (κ1) is 22.4. The van der Waals surface area contributed by atoms with Crippen LogP contribution in [0.4, 0.5) is 5.69 Å². The molecule has 0 aliphatic carbocycles. The number of nitrogens with one attached hydrogen (secondary N) is 2. The summed E-state index contributed by atoms with van der Waals surface area (Å²) in [6.45, 7) is 2.75. The Balaban J connectivity index is 1.53. The molecule has 0 unspecified atom stereocenters. The van der Waals surface area contributed by atoms with Crippen LogP contribution in [0.1, 0.15) is 23.7 Å².